The molecule has 0 saturated carbocycles. The molecule has 0 aliphatic carbocycles. The lowest BCUT2D eigenvalue weighted by molar-refractivity contribution is -0.124. The van der Waals surface area contributed by atoms with Crippen LogP contribution >= 0.6 is 0 Å². The normalized spacial score (nSPS) is 12.2. The summed E-state index contributed by atoms with van der Waals surface area (Å²) in [4.78, 5) is 10.1. The first-order valence-electron chi connectivity index (χ1n) is 4.14. The van der Waals surface area contributed by atoms with Gasteiger partial charge < -0.3 is 0 Å². The second kappa shape index (κ2) is 4.88. The van der Waals surface area contributed by atoms with E-state index in [0.717, 1.165) is 11.6 Å². The third kappa shape index (κ3) is 3.16. The Balaban J connectivity index is 3.23. The molecule has 1 aromatic carbocycles. The number of rotatable bonds is 3. The van der Waals surface area contributed by atoms with Crippen LogP contribution in [0.5, 0.6) is 0 Å². The van der Waals surface area contributed by atoms with E-state index in [9.17, 15) is 13.2 Å². The zero-order valence-electron chi connectivity index (χ0n) is 7.99. The van der Waals surface area contributed by atoms with Gasteiger partial charge in [-0.25, -0.2) is 5.48 Å². The molecule has 6 nitrogen and oxygen atoms in total. The highest BCUT2D eigenvalue weighted by atomic mass is 32.2. The van der Waals surface area contributed by atoms with Gasteiger partial charge in [-0.15, -0.1) is 0 Å². The number of hydrogen-bond donors (Lipinski definition) is 3. The van der Waals surface area contributed by atoms with Crippen molar-refractivity contribution < 1.29 is 23.0 Å². The van der Waals surface area contributed by atoms with Crippen LogP contribution in [0.25, 0.3) is 6.08 Å². The van der Waals surface area contributed by atoms with Crippen molar-refractivity contribution >= 4 is 22.1 Å². The highest BCUT2D eigenvalue weighted by Gasteiger charge is 2.21. The summed E-state index contributed by atoms with van der Waals surface area (Å²) in [6, 6.07) is 8.04. The molecule has 86 valence electrons. The highest BCUT2D eigenvalue weighted by molar-refractivity contribution is 7.91. The molecule has 0 aliphatic heterocycles. The van der Waals surface area contributed by atoms with Crippen molar-refractivity contribution in [2.45, 2.75) is 0 Å². The molecule has 0 saturated heterocycles. The lowest BCUT2D eigenvalue weighted by Crippen LogP contribution is -2.25. The Bertz CT molecular complexity index is 506. The van der Waals surface area contributed by atoms with Gasteiger partial charge in [0.15, 0.2) is 4.91 Å². The molecule has 0 unspecified atom stereocenters. The van der Waals surface area contributed by atoms with Crippen molar-refractivity contribution in [3.05, 3.63) is 40.8 Å². The number of hydrogen-bond acceptors (Lipinski definition) is 4. The van der Waals surface area contributed by atoms with E-state index in [4.69, 9.17) is 9.76 Å². The summed E-state index contributed by atoms with van der Waals surface area (Å²) < 4.78 is 30.5. The van der Waals surface area contributed by atoms with Gasteiger partial charge in [-0.2, -0.15) is 8.42 Å². The van der Waals surface area contributed by atoms with Crippen LogP contribution in [0.1, 0.15) is 5.56 Å². The van der Waals surface area contributed by atoms with E-state index in [1.807, 2.05) is 0 Å². The smallest absolute Gasteiger partial charge is 0.288 e. The van der Waals surface area contributed by atoms with Crippen LogP contribution in [-0.4, -0.2) is 24.1 Å². The maximum Gasteiger partial charge on any atom is 0.300 e. The van der Waals surface area contributed by atoms with Gasteiger partial charge in [0, 0.05) is 0 Å². The largest absolute Gasteiger partial charge is 0.300 e. The molecule has 16 heavy (non-hydrogen) atoms. The number of hydroxylamine groups is 1. The lowest BCUT2D eigenvalue weighted by atomic mass is 10.2. The van der Waals surface area contributed by atoms with Gasteiger partial charge in [0.05, 0.1) is 0 Å². The summed E-state index contributed by atoms with van der Waals surface area (Å²) in [5.41, 5.74) is 1.55. The summed E-state index contributed by atoms with van der Waals surface area (Å²) in [6.45, 7) is 0. The van der Waals surface area contributed by atoms with E-state index >= 15 is 0 Å². The first kappa shape index (κ1) is 12.4. The average molecular weight is 243 g/mol. The second-order valence-corrected chi connectivity index (χ2v) is 4.23. The van der Waals surface area contributed by atoms with Crippen molar-refractivity contribution in [2.75, 3.05) is 0 Å². The fraction of sp³-hybridized carbons (Fsp3) is 0. The molecule has 0 fully saturated rings. The second-order valence-electron chi connectivity index (χ2n) is 2.84. The molecule has 7 heteroatoms. The summed E-state index contributed by atoms with van der Waals surface area (Å²) in [5.74, 6) is -1.30. The van der Waals surface area contributed by atoms with Crippen LogP contribution in [0.2, 0.25) is 0 Å². The maximum absolute atomic E-state index is 11.0. The van der Waals surface area contributed by atoms with Gasteiger partial charge in [-0.1, -0.05) is 30.3 Å². The molecule has 0 aliphatic rings. The standard InChI is InChI=1S/C9H9NO5S/c11-9(10-12)8(16(13,14)15)6-7-4-2-1-3-5-7/h1-6,12H,(H,10,11)(H,13,14,15). The molecule has 1 amide bonds. The minimum atomic E-state index is -4.69. The van der Waals surface area contributed by atoms with Crippen LogP contribution in [0.15, 0.2) is 35.2 Å². The minimum Gasteiger partial charge on any atom is -0.288 e. The minimum absolute atomic E-state index is 0.402. The molecule has 0 radical (unpaired) electrons. The SMILES string of the molecule is O=C(NO)C(=Cc1ccccc1)S(=O)(=O)O. The van der Waals surface area contributed by atoms with E-state index in [1.165, 1.54) is 12.1 Å². The predicted molar refractivity (Wildman–Crippen MR) is 55.9 cm³/mol. The van der Waals surface area contributed by atoms with Gasteiger partial charge in [0.25, 0.3) is 16.0 Å². The van der Waals surface area contributed by atoms with Crippen LogP contribution in [0.3, 0.4) is 0 Å². The summed E-state index contributed by atoms with van der Waals surface area (Å²) in [6.07, 6.45) is 0.945. The Morgan fingerprint density at radius 1 is 1.25 bits per heavy atom. The number of carbonyl (C=O) groups is 1. The Morgan fingerprint density at radius 3 is 2.25 bits per heavy atom. The van der Waals surface area contributed by atoms with E-state index in [1.54, 1.807) is 18.2 Å². The predicted octanol–water partition coefficient (Wildman–Crippen LogP) is 0.421. The van der Waals surface area contributed by atoms with Crippen molar-refractivity contribution in [1.82, 2.24) is 5.48 Å². The first-order chi connectivity index (χ1) is 7.45. The van der Waals surface area contributed by atoms with Gasteiger partial charge in [-0.05, 0) is 11.6 Å². The van der Waals surface area contributed by atoms with Gasteiger partial charge in [-0.3, -0.25) is 14.6 Å². The molecule has 0 atom stereocenters. The van der Waals surface area contributed by atoms with Crippen LogP contribution in [0, 0.1) is 0 Å². The van der Waals surface area contributed by atoms with Gasteiger partial charge >= 0.3 is 0 Å². The monoisotopic (exact) mass is 243 g/mol. The van der Waals surface area contributed by atoms with Crippen molar-refractivity contribution in [3.8, 4) is 0 Å². The number of carbonyl (C=O) groups excluding carboxylic acids is 1. The molecule has 0 aromatic heterocycles. The fourth-order valence-corrected chi connectivity index (χ4v) is 1.58. The molecular formula is C9H9NO5S. The molecule has 1 aromatic rings. The van der Waals surface area contributed by atoms with E-state index in [2.05, 4.69) is 0 Å². The highest BCUT2D eigenvalue weighted by Crippen LogP contribution is 2.11. The summed E-state index contributed by atoms with van der Waals surface area (Å²) in [5, 5.41) is 8.33. The first-order valence-corrected chi connectivity index (χ1v) is 5.58. The molecule has 0 bridgehead atoms. The number of amides is 1. The van der Waals surface area contributed by atoms with E-state index < -0.39 is 20.9 Å². The topological polar surface area (TPSA) is 104 Å². The van der Waals surface area contributed by atoms with E-state index in [-0.39, 0.29) is 0 Å². The van der Waals surface area contributed by atoms with Crippen LogP contribution in [0.4, 0.5) is 0 Å². The quantitative estimate of drug-likeness (QED) is 0.309. The number of nitrogens with one attached hydrogen (secondary N) is 1. The molecule has 3 N–H and O–H groups in total. The number of benzene rings is 1. The lowest BCUT2D eigenvalue weighted by Gasteiger charge is -2.01. The van der Waals surface area contributed by atoms with Crippen molar-refractivity contribution in [2.24, 2.45) is 0 Å². The average Bonchev–Trinajstić information content (AvgIpc) is 2.25. The zero-order chi connectivity index (χ0) is 12.2. The maximum atomic E-state index is 11.0. The Kier molecular flexibility index (Phi) is 3.78. The van der Waals surface area contributed by atoms with E-state index in [0.29, 0.717) is 5.56 Å². The van der Waals surface area contributed by atoms with Crippen molar-refractivity contribution in [1.29, 1.82) is 0 Å². The molecular weight excluding hydrogens is 234 g/mol. The molecule has 0 heterocycles. The molecule has 0 spiro atoms. The fourth-order valence-electron chi connectivity index (χ4n) is 1.01. The van der Waals surface area contributed by atoms with Crippen LogP contribution in [-0.2, 0) is 14.9 Å². The zero-order valence-corrected chi connectivity index (χ0v) is 8.81. The third-order valence-electron chi connectivity index (χ3n) is 1.70. The van der Waals surface area contributed by atoms with Crippen molar-refractivity contribution in [3.63, 3.8) is 0 Å². The summed E-state index contributed by atoms with van der Waals surface area (Å²) in [7, 11) is -4.69. The Labute approximate surface area is 91.9 Å². The Hall–Kier alpha value is -1.70. The van der Waals surface area contributed by atoms with Crippen LogP contribution < -0.4 is 5.48 Å². The summed E-state index contributed by atoms with van der Waals surface area (Å²) >= 11 is 0. The molecule has 1 rings (SSSR count). The van der Waals surface area contributed by atoms with Gasteiger partial charge in [0.2, 0.25) is 0 Å². The van der Waals surface area contributed by atoms with Gasteiger partial charge in [0.1, 0.15) is 0 Å². The third-order valence-corrected chi connectivity index (χ3v) is 2.56. The Morgan fingerprint density at radius 2 is 1.81 bits per heavy atom.